The van der Waals surface area contributed by atoms with Crippen LogP contribution in [0.5, 0.6) is 23.3 Å². The molecule has 0 aliphatic heterocycles. The van der Waals surface area contributed by atoms with Gasteiger partial charge in [0.15, 0.2) is 5.69 Å². The molecule has 0 atom stereocenters. The molecule has 7 nitrogen and oxygen atoms in total. The molecule has 15 heteroatoms. The Hall–Kier alpha value is -4.30. The number of Topliss-reactive ketones (excluding diaryl/α,β-unsaturated/α-hetero) is 1. The minimum Gasteiger partial charge on any atom is -0.437 e. The smallest absolute Gasteiger partial charge is 0.419 e. The average molecular weight is 549 g/mol. The summed E-state index contributed by atoms with van der Waals surface area (Å²) < 4.78 is 116. The molecule has 0 spiro atoms. The van der Waals surface area contributed by atoms with Crippen LogP contribution in [-0.2, 0) is 21.9 Å². The summed E-state index contributed by atoms with van der Waals surface area (Å²) in [6.07, 6.45) is -9.98. The first kappa shape index (κ1) is 28.3. The number of halogens is 8. The predicted octanol–water partition coefficient (Wildman–Crippen LogP) is 6.68. The summed E-state index contributed by atoms with van der Waals surface area (Å²) in [6, 6.07) is 3.22. The summed E-state index contributed by atoms with van der Waals surface area (Å²) in [5, 5.41) is 2.23. The van der Waals surface area contributed by atoms with Gasteiger partial charge in [-0.25, -0.2) is 8.78 Å². The van der Waals surface area contributed by atoms with Gasteiger partial charge in [0.1, 0.15) is 35.2 Å². The van der Waals surface area contributed by atoms with E-state index in [9.17, 15) is 44.7 Å². The summed E-state index contributed by atoms with van der Waals surface area (Å²) in [7, 11) is 0. The Morgan fingerprint density at radius 3 is 1.63 bits per heavy atom. The molecule has 1 heterocycles. The van der Waals surface area contributed by atoms with Crippen LogP contribution in [0, 0.1) is 11.6 Å². The van der Waals surface area contributed by atoms with E-state index in [2.05, 4.69) is 15.3 Å². The molecule has 0 aliphatic rings. The first-order chi connectivity index (χ1) is 17.6. The van der Waals surface area contributed by atoms with E-state index >= 15 is 0 Å². The number of carbonyl (C=O) groups excluding carboxylic acids is 2. The van der Waals surface area contributed by atoms with Crippen molar-refractivity contribution in [1.29, 1.82) is 0 Å². The molecule has 38 heavy (non-hydrogen) atoms. The molecule has 202 valence electrons. The number of anilines is 1. The van der Waals surface area contributed by atoms with Gasteiger partial charge >= 0.3 is 12.4 Å². The normalized spacial score (nSPS) is 11.7. The number of nitrogens with one attached hydrogen (secondary N) is 1. The van der Waals surface area contributed by atoms with Gasteiger partial charge in [0.05, 0.1) is 11.1 Å². The molecule has 3 rings (SSSR count). The van der Waals surface area contributed by atoms with Gasteiger partial charge in [-0.2, -0.15) is 36.3 Å². The highest BCUT2D eigenvalue weighted by molar-refractivity contribution is 5.95. The number of hydrogen-bond donors (Lipinski definition) is 1. The highest BCUT2D eigenvalue weighted by atomic mass is 19.4. The van der Waals surface area contributed by atoms with E-state index < -0.39 is 70.0 Å². The number of amides is 1. The molecule has 1 aromatic heterocycles. The Bertz CT molecular complexity index is 1280. The van der Waals surface area contributed by atoms with Crippen molar-refractivity contribution in [3.63, 3.8) is 0 Å². The lowest BCUT2D eigenvalue weighted by Crippen LogP contribution is -2.15. The van der Waals surface area contributed by atoms with Crippen molar-refractivity contribution in [2.24, 2.45) is 0 Å². The van der Waals surface area contributed by atoms with Crippen LogP contribution >= 0.6 is 0 Å². The Morgan fingerprint density at radius 2 is 1.24 bits per heavy atom. The molecule has 0 bridgehead atoms. The fraction of sp³-hybridized carbons (Fsp3) is 0.217. The maximum atomic E-state index is 13.6. The summed E-state index contributed by atoms with van der Waals surface area (Å²) in [6.45, 7) is 1.21. The molecule has 0 saturated carbocycles. The van der Waals surface area contributed by atoms with Gasteiger partial charge < -0.3 is 19.6 Å². The maximum absolute atomic E-state index is 13.6. The summed E-state index contributed by atoms with van der Waals surface area (Å²) >= 11 is 0. The number of alkyl halides is 6. The largest absolute Gasteiger partial charge is 0.437 e. The van der Waals surface area contributed by atoms with Gasteiger partial charge in [0, 0.05) is 12.8 Å². The number of benzene rings is 2. The molecule has 3 aromatic rings. The Morgan fingerprint density at radius 1 is 0.789 bits per heavy atom. The van der Waals surface area contributed by atoms with E-state index in [1.54, 1.807) is 0 Å². The van der Waals surface area contributed by atoms with E-state index in [1.807, 2.05) is 0 Å². The average Bonchev–Trinajstić information content (AvgIpc) is 2.80. The van der Waals surface area contributed by atoms with Crippen LogP contribution in [-0.4, -0.2) is 21.7 Å². The topological polar surface area (TPSA) is 90.4 Å². The van der Waals surface area contributed by atoms with Crippen LogP contribution in [0.25, 0.3) is 0 Å². The summed E-state index contributed by atoms with van der Waals surface area (Å²) in [5.74, 6) is -6.80. The second-order valence-electron chi connectivity index (χ2n) is 7.59. The van der Waals surface area contributed by atoms with E-state index in [4.69, 9.17) is 9.47 Å². The minimum atomic E-state index is -5.08. The Balaban J connectivity index is 2.03. The molecular weight excluding hydrogens is 534 g/mol. The van der Waals surface area contributed by atoms with Crippen molar-refractivity contribution in [3.05, 3.63) is 65.5 Å². The number of aromatic nitrogens is 2. The minimum absolute atomic E-state index is 0.203. The third kappa shape index (κ3) is 7.14. The molecule has 0 radical (unpaired) electrons. The first-order valence-electron chi connectivity index (χ1n) is 10.4. The SMILES string of the molecule is CC(=O)CCC(=O)Nc1c(Oc2ccc(F)c(C(F)(F)F)c2)ncnc1Oc1ccc(F)c(C(F)(F)F)c1. The Kier molecular flexibility index (Phi) is 8.17. The van der Waals surface area contributed by atoms with Crippen molar-refractivity contribution < 1.29 is 54.2 Å². The third-order valence-electron chi connectivity index (χ3n) is 4.66. The second kappa shape index (κ2) is 11.0. The van der Waals surface area contributed by atoms with E-state index in [1.165, 1.54) is 6.92 Å². The highest BCUT2D eigenvalue weighted by Crippen LogP contribution is 2.40. The van der Waals surface area contributed by atoms with Crippen LogP contribution in [0.4, 0.5) is 40.8 Å². The lowest BCUT2D eigenvalue weighted by molar-refractivity contribution is -0.140. The van der Waals surface area contributed by atoms with Crippen molar-refractivity contribution in [2.75, 3.05) is 5.32 Å². The lowest BCUT2D eigenvalue weighted by atomic mass is 10.2. The number of hydrogen-bond acceptors (Lipinski definition) is 6. The van der Waals surface area contributed by atoms with Gasteiger partial charge in [-0.05, 0) is 43.3 Å². The van der Waals surface area contributed by atoms with Gasteiger partial charge in [-0.15, -0.1) is 0 Å². The summed E-state index contributed by atoms with van der Waals surface area (Å²) in [5.41, 5.74) is -3.88. The van der Waals surface area contributed by atoms with Crippen molar-refractivity contribution >= 4 is 17.4 Å². The van der Waals surface area contributed by atoms with Gasteiger partial charge in [0.25, 0.3) is 11.8 Å². The van der Waals surface area contributed by atoms with Gasteiger partial charge in [-0.1, -0.05) is 0 Å². The zero-order valence-electron chi connectivity index (χ0n) is 19.0. The van der Waals surface area contributed by atoms with Crippen molar-refractivity contribution in [1.82, 2.24) is 9.97 Å². The third-order valence-corrected chi connectivity index (χ3v) is 4.66. The predicted molar refractivity (Wildman–Crippen MR) is 114 cm³/mol. The quantitative estimate of drug-likeness (QED) is 0.315. The maximum Gasteiger partial charge on any atom is 0.419 e. The van der Waals surface area contributed by atoms with Crippen molar-refractivity contribution in [2.45, 2.75) is 32.1 Å². The number of ether oxygens (including phenoxy) is 2. The van der Waals surface area contributed by atoms with Crippen LogP contribution < -0.4 is 14.8 Å². The van der Waals surface area contributed by atoms with Crippen molar-refractivity contribution in [3.8, 4) is 23.3 Å². The number of rotatable bonds is 8. The zero-order chi connectivity index (χ0) is 28.3. The summed E-state index contributed by atoms with van der Waals surface area (Å²) in [4.78, 5) is 31.0. The van der Waals surface area contributed by atoms with Crippen LogP contribution in [0.2, 0.25) is 0 Å². The lowest BCUT2D eigenvalue weighted by Gasteiger charge is -2.16. The molecular formula is C23H15F8N3O4. The zero-order valence-corrected chi connectivity index (χ0v) is 19.0. The van der Waals surface area contributed by atoms with Crippen LogP contribution in [0.1, 0.15) is 30.9 Å². The molecule has 1 amide bonds. The molecule has 1 N–H and O–H groups in total. The van der Waals surface area contributed by atoms with Crippen LogP contribution in [0.15, 0.2) is 42.7 Å². The fourth-order valence-corrected chi connectivity index (χ4v) is 2.90. The monoisotopic (exact) mass is 549 g/mol. The first-order valence-corrected chi connectivity index (χ1v) is 10.4. The number of carbonyl (C=O) groups is 2. The van der Waals surface area contributed by atoms with Gasteiger partial charge in [-0.3, -0.25) is 4.79 Å². The standard InChI is InChI=1S/C23H15F8N3O4/c1-11(35)2-7-18(36)34-19-20(37-12-3-5-16(24)14(8-12)22(26,27)28)32-10-33-21(19)38-13-4-6-17(25)15(9-13)23(29,30)31/h3-6,8-10H,2,7H2,1H3,(H,34,36). The molecule has 0 unspecified atom stereocenters. The Labute approximate surface area is 208 Å². The van der Waals surface area contributed by atoms with E-state index in [0.717, 1.165) is 18.5 Å². The molecule has 2 aromatic carbocycles. The number of nitrogens with zero attached hydrogens (tertiary/aromatic N) is 2. The van der Waals surface area contributed by atoms with E-state index in [0.29, 0.717) is 24.3 Å². The van der Waals surface area contributed by atoms with E-state index in [-0.39, 0.29) is 18.6 Å². The highest BCUT2D eigenvalue weighted by Gasteiger charge is 2.35. The number of ketones is 1. The molecule has 0 aliphatic carbocycles. The fourth-order valence-electron chi connectivity index (χ4n) is 2.90. The van der Waals surface area contributed by atoms with Gasteiger partial charge in [0.2, 0.25) is 5.91 Å². The molecule has 0 saturated heterocycles. The van der Waals surface area contributed by atoms with Crippen LogP contribution in [0.3, 0.4) is 0 Å². The second-order valence-corrected chi connectivity index (χ2v) is 7.59. The molecule has 0 fully saturated rings.